The molecule has 5 heteroatoms. The van der Waals surface area contributed by atoms with Crippen molar-refractivity contribution in [1.29, 1.82) is 0 Å². The Balaban J connectivity index is 1.99. The van der Waals surface area contributed by atoms with Crippen LogP contribution in [-0.4, -0.2) is 9.97 Å². The second-order valence-corrected chi connectivity index (χ2v) is 3.90. The van der Waals surface area contributed by atoms with Gasteiger partial charge in [-0.25, -0.2) is 4.98 Å². The zero-order valence-electron chi connectivity index (χ0n) is 9.14. The Hall–Kier alpha value is -1.65. The molecule has 0 atom stereocenters. The van der Waals surface area contributed by atoms with E-state index < -0.39 is 0 Å². The van der Waals surface area contributed by atoms with Crippen LogP contribution in [0.3, 0.4) is 0 Å². The van der Waals surface area contributed by atoms with Crippen LogP contribution >= 0.6 is 11.6 Å². The fourth-order valence-corrected chi connectivity index (χ4v) is 1.42. The average Bonchev–Trinajstić information content (AvgIpc) is 2.38. The lowest BCUT2D eigenvalue weighted by Crippen LogP contribution is -2.03. The van der Waals surface area contributed by atoms with Gasteiger partial charge in [0.15, 0.2) is 0 Å². The summed E-state index contributed by atoms with van der Waals surface area (Å²) in [6, 6.07) is 7.45. The summed E-state index contributed by atoms with van der Waals surface area (Å²) in [6.07, 6.45) is 3.18. The number of benzene rings is 1. The first-order valence-corrected chi connectivity index (χ1v) is 5.54. The standard InChI is InChI=1S/C12H12ClN3O/c13-10-3-1-9(2-4-10)8-17-12-7-15-6-11(5-14)16-12/h1-4,6-7H,5,8,14H2. The summed E-state index contributed by atoms with van der Waals surface area (Å²) in [5.41, 5.74) is 7.20. The molecule has 1 aromatic heterocycles. The monoisotopic (exact) mass is 249 g/mol. The number of nitrogens with two attached hydrogens (primary N) is 1. The van der Waals surface area contributed by atoms with E-state index in [-0.39, 0.29) is 0 Å². The number of hydrogen-bond donors (Lipinski definition) is 1. The lowest BCUT2D eigenvalue weighted by molar-refractivity contribution is 0.291. The van der Waals surface area contributed by atoms with Gasteiger partial charge in [0.2, 0.25) is 5.88 Å². The zero-order chi connectivity index (χ0) is 12.1. The Labute approximate surface area is 104 Å². The van der Waals surface area contributed by atoms with Crippen LogP contribution in [0.5, 0.6) is 5.88 Å². The molecule has 2 N–H and O–H groups in total. The van der Waals surface area contributed by atoms with Crippen LogP contribution in [0.15, 0.2) is 36.7 Å². The van der Waals surface area contributed by atoms with Gasteiger partial charge in [0, 0.05) is 17.8 Å². The highest BCUT2D eigenvalue weighted by Crippen LogP contribution is 2.12. The van der Waals surface area contributed by atoms with Crippen molar-refractivity contribution in [3.8, 4) is 5.88 Å². The number of nitrogens with zero attached hydrogens (tertiary/aromatic N) is 2. The van der Waals surface area contributed by atoms with Crippen molar-refractivity contribution in [1.82, 2.24) is 9.97 Å². The topological polar surface area (TPSA) is 61.0 Å². The van der Waals surface area contributed by atoms with Crippen LogP contribution in [0.4, 0.5) is 0 Å². The van der Waals surface area contributed by atoms with Crippen molar-refractivity contribution in [3.63, 3.8) is 0 Å². The van der Waals surface area contributed by atoms with Crippen molar-refractivity contribution < 1.29 is 4.74 Å². The maximum atomic E-state index is 5.79. The van der Waals surface area contributed by atoms with Gasteiger partial charge >= 0.3 is 0 Å². The minimum atomic E-state index is 0.352. The molecule has 0 aliphatic carbocycles. The molecule has 1 heterocycles. The normalized spacial score (nSPS) is 10.2. The molecule has 4 nitrogen and oxygen atoms in total. The first kappa shape index (κ1) is 11.8. The van der Waals surface area contributed by atoms with E-state index in [1.807, 2.05) is 24.3 Å². The maximum absolute atomic E-state index is 5.79. The third kappa shape index (κ3) is 3.41. The molecule has 0 unspecified atom stereocenters. The Kier molecular flexibility index (Phi) is 3.90. The number of ether oxygens (including phenoxy) is 1. The van der Waals surface area contributed by atoms with E-state index in [2.05, 4.69) is 9.97 Å². The maximum Gasteiger partial charge on any atom is 0.232 e. The lowest BCUT2D eigenvalue weighted by atomic mass is 10.2. The molecule has 2 aromatic rings. The second kappa shape index (κ2) is 5.61. The van der Waals surface area contributed by atoms with Crippen LogP contribution in [0.2, 0.25) is 5.02 Å². The largest absolute Gasteiger partial charge is 0.472 e. The number of rotatable bonds is 4. The molecule has 0 saturated carbocycles. The van der Waals surface area contributed by atoms with Gasteiger partial charge in [0.05, 0.1) is 11.9 Å². The Morgan fingerprint density at radius 3 is 2.65 bits per heavy atom. The molecule has 0 aliphatic heterocycles. The van der Waals surface area contributed by atoms with E-state index in [9.17, 15) is 0 Å². The van der Waals surface area contributed by atoms with E-state index in [0.717, 1.165) is 5.56 Å². The van der Waals surface area contributed by atoms with Crippen LogP contribution in [0, 0.1) is 0 Å². The predicted octanol–water partition coefficient (Wildman–Crippen LogP) is 2.17. The van der Waals surface area contributed by atoms with Crippen molar-refractivity contribution >= 4 is 11.6 Å². The molecule has 0 radical (unpaired) electrons. The molecular formula is C12H12ClN3O. The van der Waals surface area contributed by atoms with E-state index >= 15 is 0 Å². The summed E-state index contributed by atoms with van der Waals surface area (Å²) in [5.74, 6) is 0.475. The molecule has 88 valence electrons. The Bertz CT molecular complexity index is 487. The molecule has 0 spiro atoms. The predicted molar refractivity (Wildman–Crippen MR) is 65.7 cm³/mol. The Morgan fingerprint density at radius 2 is 1.94 bits per heavy atom. The van der Waals surface area contributed by atoms with Crippen LogP contribution in [0.1, 0.15) is 11.3 Å². The summed E-state index contributed by atoms with van der Waals surface area (Å²) in [6.45, 7) is 0.783. The quantitative estimate of drug-likeness (QED) is 0.902. The van der Waals surface area contributed by atoms with Crippen LogP contribution in [0.25, 0.3) is 0 Å². The Morgan fingerprint density at radius 1 is 1.18 bits per heavy atom. The smallest absolute Gasteiger partial charge is 0.232 e. The summed E-state index contributed by atoms with van der Waals surface area (Å²) in [5, 5.41) is 0.707. The van der Waals surface area contributed by atoms with E-state index in [1.165, 1.54) is 0 Å². The SMILES string of the molecule is NCc1cncc(OCc2ccc(Cl)cc2)n1. The first-order valence-electron chi connectivity index (χ1n) is 5.16. The van der Waals surface area contributed by atoms with E-state index in [1.54, 1.807) is 12.4 Å². The van der Waals surface area contributed by atoms with Crippen molar-refractivity contribution in [2.24, 2.45) is 5.73 Å². The lowest BCUT2D eigenvalue weighted by Gasteiger charge is -2.05. The van der Waals surface area contributed by atoms with Gasteiger partial charge in [-0.1, -0.05) is 23.7 Å². The molecule has 17 heavy (non-hydrogen) atoms. The summed E-state index contributed by atoms with van der Waals surface area (Å²) in [7, 11) is 0. The van der Waals surface area contributed by atoms with Crippen molar-refractivity contribution in [3.05, 3.63) is 52.9 Å². The molecule has 0 aliphatic rings. The third-order valence-corrected chi connectivity index (χ3v) is 2.42. The highest BCUT2D eigenvalue weighted by Gasteiger charge is 1.99. The number of aromatic nitrogens is 2. The first-order chi connectivity index (χ1) is 8.28. The molecule has 0 fully saturated rings. The second-order valence-electron chi connectivity index (χ2n) is 3.47. The third-order valence-electron chi connectivity index (χ3n) is 2.17. The van der Waals surface area contributed by atoms with Crippen molar-refractivity contribution in [2.45, 2.75) is 13.2 Å². The van der Waals surface area contributed by atoms with Crippen molar-refractivity contribution in [2.75, 3.05) is 0 Å². The fourth-order valence-electron chi connectivity index (χ4n) is 1.29. The molecule has 0 amide bonds. The zero-order valence-corrected chi connectivity index (χ0v) is 9.89. The highest BCUT2D eigenvalue weighted by atomic mass is 35.5. The van der Waals surface area contributed by atoms with Gasteiger partial charge in [0.25, 0.3) is 0 Å². The van der Waals surface area contributed by atoms with Gasteiger partial charge in [0.1, 0.15) is 6.61 Å². The fraction of sp³-hybridized carbons (Fsp3) is 0.167. The molecule has 0 saturated heterocycles. The number of halogens is 1. The molecule has 2 rings (SSSR count). The van der Waals surface area contributed by atoms with Gasteiger partial charge < -0.3 is 10.5 Å². The average molecular weight is 250 g/mol. The van der Waals surface area contributed by atoms with Gasteiger partial charge in [-0.15, -0.1) is 0 Å². The van der Waals surface area contributed by atoms with Gasteiger partial charge in [-0.05, 0) is 17.7 Å². The highest BCUT2D eigenvalue weighted by molar-refractivity contribution is 6.30. The molecular weight excluding hydrogens is 238 g/mol. The minimum Gasteiger partial charge on any atom is -0.472 e. The summed E-state index contributed by atoms with van der Waals surface area (Å²) >= 11 is 5.79. The summed E-state index contributed by atoms with van der Waals surface area (Å²) in [4.78, 5) is 8.18. The van der Waals surface area contributed by atoms with Crippen LogP contribution in [-0.2, 0) is 13.2 Å². The minimum absolute atomic E-state index is 0.352. The van der Waals surface area contributed by atoms with Gasteiger partial charge in [-0.3, -0.25) is 4.98 Å². The molecule has 1 aromatic carbocycles. The van der Waals surface area contributed by atoms with E-state index in [4.69, 9.17) is 22.1 Å². The molecule has 0 bridgehead atoms. The van der Waals surface area contributed by atoms with Gasteiger partial charge in [-0.2, -0.15) is 0 Å². The van der Waals surface area contributed by atoms with Crippen LogP contribution < -0.4 is 10.5 Å². The summed E-state index contributed by atoms with van der Waals surface area (Å²) < 4.78 is 5.50. The van der Waals surface area contributed by atoms with E-state index in [0.29, 0.717) is 29.7 Å². The number of hydrogen-bond acceptors (Lipinski definition) is 4.